The normalized spacial score (nSPS) is 15.6. The number of rotatable bonds is 6. The van der Waals surface area contributed by atoms with Gasteiger partial charge in [-0.15, -0.1) is 0 Å². The molecule has 0 fully saturated rings. The van der Waals surface area contributed by atoms with Gasteiger partial charge in [-0.3, -0.25) is 9.10 Å². The van der Waals surface area contributed by atoms with Gasteiger partial charge in [0.15, 0.2) is 0 Å². The summed E-state index contributed by atoms with van der Waals surface area (Å²) in [5, 5.41) is 2.98. The lowest BCUT2D eigenvalue weighted by Crippen LogP contribution is -2.48. The standard InChI is InChI=1S/C22H28N2O3S/c1-15-8-12-21(13-9-15)24(28(4,26)27)17(3)22(25)23-16(2)19-11-10-18-6-5-7-20(18)14-19/h8-14,16-17H,5-7H2,1-4H3,(H,23,25)/t16-,17-/m0/s1. The maximum absolute atomic E-state index is 12.9. The highest BCUT2D eigenvalue weighted by atomic mass is 32.2. The van der Waals surface area contributed by atoms with Crippen molar-refractivity contribution in [2.45, 2.75) is 52.1 Å². The SMILES string of the molecule is Cc1ccc(N([C@@H](C)C(=O)N[C@@H](C)c2ccc3c(c2)CCC3)S(C)(=O)=O)cc1. The Kier molecular flexibility index (Phi) is 5.79. The molecule has 6 heteroatoms. The zero-order valence-corrected chi connectivity index (χ0v) is 17.7. The van der Waals surface area contributed by atoms with E-state index < -0.39 is 16.1 Å². The number of nitrogens with zero attached hydrogens (tertiary/aromatic N) is 1. The van der Waals surface area contributed by atoms with Crippen LogP contribution in [0.1, 0.15) is 48.6 Å². The maximum atomic E-state index is 12.9. The largest absolute Gasteiger partial charge is 0.348 e. The Morgan fingerprint density at radius 3 is 2.32 bits per heavy atom. The number of benzene rings is 2. The van der Waals surface area contributed by atoms with Gasteiger partial charge in [-0.2, -0.15) is 0 Å². The van der Waals surface area contributed by atoms with E-state index in [2.05, 4.69) is 17.4 Å². The van der Waals surface area contributed by atoms with Crippen LogP contribution in [-0.2, 0) is 27.7 Å². The van der Waals surface area contributed by atoms with Gasteiger partial charge in [0.1, 0.15) is 6.04 Å². The van der Waals surface area contributed by atoms with E-state index >= 15 is 0 Å². The molecule has 0 radical (unpaired) electrons. The van der Waals surface area contributed by atoms with Crippen LogP contribution in [0.4, 0.5) is 5.69 Å². The third kappa shape index (κ3) is 4.38. The molecule has 0 aliphatic heterocycles. The van der Waals surface area contributed by atoms with Crippen molar-refractivity contribution in [2.24, 2.45) is 0 Å². The summed E-state index contributed by atoms with van der Waals surface area (Å²) >= 11 is 0. The van der Waals surface area contributed by atoms with Crippen LogP contribution >= 0.6 is 0 Å². The van der Waals surface area contributed by atoms with Crippen LogP contribution in [-0.4, -0.2) is 26.6 Å². The smallest absolute Gasteiger partial charge is 0.244 e. The fourth-order valence-electron chi connectivity index (χ4n) is 3.78. The fourth-order valence-corrected chi connectivity index (χ4v) is 4.95. The average molecular weight is 401 g/mol. The van der Waals surface area contributed by atoms with Crippen molar-refractivity contribution in [1.82, 2.24) is 5.32 Å². The molecule has 28 heavy (non-hydrogen) atoms. The second kappa shape index (κ2) is 7.95. The summed E-state index contributed by atoms with van der Waals surface area (Å²) in [5.41, 5.74) is 5.30. The van der Waals surface area contributed by atoms with Gasteiger partial charge in [0.05, 0.1) is 18.0 Å². The lowest BCUT2D eigenvalue weighted by molar-refractivity contribution is -0.122. The first-order valence-electron chi connectivity index (χ1n) is 9.65. The Morgan fingerprint density at radius 1 is 1.04 bits per heavy atom. The average Bonchev–Trinajstić information content (AvgIpc) is 3.10. The summed E-state index contributed by atoms with van der Waals surface area (Å²) in [5.74, 6) is -0.320. The van der Waals surface area contributed by atoms with E-state index in [1.54, 1.807) is 19.1 Å². The number of nitrogens with one attached hydrogen (secondary N) is 1. The topological polar surface area (TPSA) is 66.5 Å². The van der Waals surface area contributed by atoms with E-state index in [0.717, 1.165) is 30.2 Å². The molecule has 3 rings (SSSR count). The van der Waals surface area contributed by atoms with Crippen molar-refractivity contribution in [2.75, 3.05) is 10.6 Å². The van der Waals surface area contributed by atoms with Crippen molar-refractivity contribution in [3.63, 3.8) is 0 Å². The Labute approximate surface area is 167 Å². The molecule has 1 N–H and O–H groups in total. The number of carbonyl (C=O) groups is 1. The molecular formula is C22H28N2O3S. The maximum Gasteiger partial charge on any atom is 0.244 e. The number of hydrogen-bond donors (Lipinski definition) is 1. The highest BCUT2D eigenvalue weighted by Crippen LogP contribution is 2.26. The number of sulfonamides is 1. The molecule has 0 aromatic heterocycles. The number of fused-ring (bicyclic) bond motifs is 1. The van der Waals surface area contributed by atoms with Gasteiger partial charge >= 0.3 is 0 Å². The zero-order chi connectivity index (χ0) is 20.5. The molecular weight excluding hydrogens is 372 g/mol. The number of carbonyl (C=O) groups excluding carboxylic acids is 1. The third-order valence-corrected chi connectivity index (χ3v) is 6.60. The predicted octanol–water partition coefficient (Wildman–Crippen LogP) is 3.52. The van der Waals surface area contributed by atoms with Crippen LogP contribution in [0.3, 0.4) is 0 Å². The molecule has 0 unspecified atom stereocenters. The van der Waals surface area contributed by atoms with Crippen molar-refractivity contribution in [3.8, 4) is 0 Å². The molecule has 1 aliphatic carbocycles. The second-order valence-electron chi connectivity index (χ2n) is 7.68. The summed E-state index contributed by atoms with van der Waals surface area (Å²) in [6.45, 7) is 5.48. The van der Waals surface area contributed by atoms with Crippen LogP contribution in [0.5, 0.6) is 0 Å². The Hall–Kier alpha value is -2.34. The molecule has 0 saturated carbocycles. The van der Waals surface area contributed by atoms with Crippen LogP contribution in [0.15, 0.2) is 42.5 Å². The summed E-state index contributed by atoms with van der Waals surface area (Å²) in [7, 11) is -3.61. The molecule has 0 spiro atoms. The quantitative estimate of drug-likeness (QED) is 0.807. The van der Waals surface area contributed by atoms with Gasteiger partial charge in [-0.05, 0) is 68.9 Å². The first kappa shape index (κ1) is 20.4. The Morgan fingerprint density at radius 2 is 1.68 bits per heavy atom. The van der Waals surface area contributed by atoms with Gasteiger partial charge in [0.2, 0.25) is 15.9 Å². The molecule has 1 aliphatic rings. The van der Waals surface area contributed by atoms with Crippen LogP contribution in [0.2, 0.25) is 0 Å². The second-order valence-corrected chi connectivity index (χ2v) is 9.54. The molecule has 0 bridgehead atoms. The van der Waals surface area contributed by atoms with E-state index in [1.807, 2.05) is 32.0 Å². The van der Waals surface area contributed by atoms with E-state index in [-0.39, 0.29) is 11.9 Å². The first-order valence-corrected chi connectivity index (χ1v) is 11.5. The molecule has 2 aromatic rings. The van der Waals surface area contributed by atoms with E-state index in [1.165, 1.54) is 21.9 Å². The molecule has 5 nitrogen and oxygen atoms in total. The minimum Gasteiger partial charge on any atom is -0.348 e. The lowest BCUT2D eigenvalue weighted by atomic mass is 10.0. The minimum absolute atomic E-state index is 0.194. The molecule has 0 saturated heterocycles. The summed E-state index contributed by atoms with van der Waals surface area (Å²) in [4.78, 5) is 12.9. The van der Waals surface area contributed by atoms with Crippen molar-refractivity contribution in [3.05, 3.63) is 64.7 Å². The van der Waals surface area contributed by atoms with E-state index in [9.17, 15) is 13.2 Å². The zero-order valence-electron chi connectivity index (χ0n) is 16.9. The van der Waals surface area contributed by atoms with E-state index in [0.29, 0.717) is 5.69 Å². The summed E-state index contributed by atoms with van der Waals surface area (Å²) < 4.78 is 26.0. The molecule has 1 amide bonds. The van der Waals surface area contributed by atoms with Crippen LogP contribution in [0.25, 0.3) is 0 Å². The number of hydrogen-bond acceptors (Lipinski definition) is 3. The molecule has 150 valence electrons. The fraction of sp³-hybridized carbons (Fsp3) is 0.409. The van der Waals surface area contributed by atoms with Gasteiger partial charge in [0, 0.05) is 0 Å². The summed E-state index contributed by atoms with van der Waals surface area (Å²) in [6, 6.07) is 12.4. The molecule has 2 atom stereocenters. The van der Waals surface area contributed by atoms with Gasteiger partial charge < -0.3 is 5.32 Å². The number of aryl methyl sites for hydroxylation is 3. The molecule has 2 aromatic carbocycles. The Bertz CT molecular complexity index is 968. The van der Waals surface area contributed by atoms with Crippen molar-refractivity contribution >= 4 is 21.6 Å². The van der Waals surface area contributed by atoms with Crippen LogP contribution in [0, 0.1) is 6.92 Å². The summed E-state index contributed by atoms with van der Waals surface area (Å²) in [6.07, 6.45) is 4.50. The van der Waals surface area contributed by atoms with Crippen molar-refractivity contribution < 1.29 is 13.2 Å². The monoisotopic (exact) mass is 400 g/mol. The van der Waals surface area contributed by atoms with Crippen LogP contribution < -0.4 is 9.62 Å². The Balaban J connectivity index is 1.78. The highest BCUT2D eigenvalue weighted by Gasteiger charge is 2.30. The van der Waals surface area contributed by atoms with Gasteiger partial charge in [-0.25, -0.2) is 8.42 Å². The molecule has 0 heterocycles. The van der Waals surface area contributed by atoms with Gasteiger partial charge in [0.25, 0.3) is 0 Å². The minimum atomic E-state index is -3.61. The van der Waals surface area contributed by atoms with Crippen molar-refractivity contribution in [1.29, 1.82) is 0 Å². The number of anilines is 1. The van der Waals surface area contributed by atoms with E-state index in [4.69, 9.17) is 0 Å². The highest BCUT2D eigenvalue weighted by molar-refractivity contribution is 7.92. The van der Waals surface area contributed by atoms with Gasteiger partial charge in [-0.1, -0.05) is 35.9 Å². The first-order chi connectivity index (χ1) is 13.2. The number of amides is 1. The third-order valence-electron chi connectivity index (χ3n) is 5.36. The predicted molar refractivity (Wildman–Crippen MR) is 113 cm³/mol. The lowest BCUT2D eigenvalue weighted by Gasteiger charge is -2.29.